The van der Waals surface area contributed by atoms with E-state index in [0.29, 0.717) is 40.1 Å². The average molecular weight is 517 g/mol. The normalized spacial score (nSPS) is 11.1. The highest BCUT2D eigenvalue weighted by molar-refractivity contribution is 6.05. The number of aryl methyl sites for hydroxylation is 1. The van der Waals surface area contributed by atoms with Gasteiger partial charge in [-0.2, -0.15) is 4.80 Å². The van der Waals surface area contributed by atoms with Crippen molar-refractivity contribution in [2.45, 2.75) is 13.8 Å². The third-order valence-corrected chi connectivity index (χ3v) is 6.45. The molecular formula is C31H24N4O4. The van der Waals surface area contributed by atoms with E-state index in [-0.39, 0.29) is 5.91 Å². The fraction of sp³-hybridized carbons (Fsp3) is 0.0968. The Kier molecular flexibility index (Phi) is 6.13. The van der Waals surface area contributed by atoms with E-state index in [1.54, 1.807) is 41.2 Å². The Morgan fingerprint density at radius 3 is 2.38 bits per heavy atom. The van der Waals surface area contributed by atoms with E-state index in [0.717, 1.165) is 27.9 Å². The summed E-state index contributed by atoms with van der Waals surface area (Å²) in [6, 6.07) is 27.3. The maximum Gasteiger partial charge on any atom is 0.344 e. The zero-order valence-electron chi connectivity index (χ0n) is 21.3. The van der Waals surface area contributed by atoms with Crippen LogP contribution in [-0.4, -0.2) is 27.5 Å². The van der Waals surface area contributed by atoms with Crippen molar-refractivity contribution < 1.29 is 13.9 Å². The number of para-hydroxylation sites is 1. The number of aromatic nitrogens is 3. The number of benzene rings is 4. The van der Waals surface area contributed by atoms with E-state index in [1.807, 2.05) is 68.4 Å². The van der Waals surface area contributed by atoms with Crippen LogP contribution in [0.1, 0.15) is 22.8 Å². The monoisotopic (exact) mass is 516 g/mol. The first-order valence-corrected chi connectivity index (χ1v) is 12.5. The quantitative estimate of drug-likeness (QED) is 0.267. The SMILES string of the molecule is CCOc1ccc(-n2nc3cc(C)c(NC(=O)c4ccc(-c5cc6ccccc6oc5=O)cc4)cc3n2)cc1. The number of ether oxygens (including phenoxy) is 1. The van der Waals surface area contributed by atoms with Crippen LogP contribution >= 0.6 is 0 Å². The van der Waals surface area contributed by atoms with Gasteiger partial charge in [0.1, 0.15) is 22.4 Å². The van der Waals surface area contributed by atoms with Crippen molar-refractivity contribution in [2.24, 2.45) is 0 Å². The second-order valence-electron chi connectivity index (χ2n) is 9.09. The van der Waals surface area contributed by atoms with Crippen LogP contribution in [0.3, 0.4) is 0 Å². The Morgan fingerprint density at radius 2 is 1.64 bits per heavy atom. The van der Waals surface area contributed by atoms with Gasteiger partial charge in [-0.1, -0.05) is 30.3 Å². The number of carbonyl (C=O) groups excluding carboxylic acids is 1. The average Bonchev–Trinajstić information content (AvgIpc) is 3.36. The molecule has 192 valence electrons. The minimum atomic E-state index is -0.423. The van der Waals surface area contributed by atoms with Gasteiger partial charge in [0, 0.05) is 16.6 Å². The standard InChI is InChI=1S/C31H24N4O4/c1-3-38-24-14-12-23(13-15-24)35-33-27-16-19(2)26(18-28(27)34-35)32-30(36)21-10-8-20(9-11-21)25-17-22-6-4-5-7-29(22)39-31(25)37/h4-18H,3H2,1-2H3,(H,32,36). The molecule has 8 heteroatoms. The number of hydrogen-bond acceptors (Lipinski definition) is 6. The molecule has 39 heavy (non-hydrogen) atoms. The molecule has 0 unspecified atom stereocenters. The minimum absolute atomic E-state index is 0.270. The predicted octanol–water partition coefficient (Wildman–Crippen LogP) is 6.15. The number of carbonyl (C=O) groups is 1. The topological polar surface area (TPSA) is 99.2 Å². The van der Waals surface area contributed by atoms with E-state index in [2.05, 4.69) is 15.5 Å². The molecule has 0 atom stereocenters. The van der Waals surface area contributed by atoms with E-state index in [9.17, 15) is 9.59 Å². The summed E-state index contributed by atoms with van der Waals surface area (Å²) in [4.78, 5) is 27.1. The largest absolute Gasteiger partial charge is 0.494 e. The number of anilines is 1. The summed E-state index contributed by atoms with van der Waals surface area (Å²) in [7, 11) is 0. The lowest BCUT2D eigenvalue weighted by molar-refractivity contribution is 0.102. The molecule has 8 nitrogen and oxygen atoms in total. The Labute approximate surface area is 223 Å². The van der Waals surface area contributed by atoms with E-state index in [1.165, 1.54) is 0 Å². The van der Waals surface area contributed by atoms with Crippen LogP contribution in [0.5, 0.6) is 5.75 Å². The van der Waals surface area contributed by atoms with Gasteiger partial charge in [0.15, 0.2) is 0 Å². The predicted molar refractivity (Wildman–Crippen MR) is 151 cm³/mol. The van der Waals surface area contributed by atoms with Crippen LogP contribution in [0.15, 0.2) is 100 Å². The molecule has 2 heterocycles. The third-order valence-electron chi connectivity index (χ3n) is 6.45. The maximum absolute atomic E-state index is 13.1. The Balaban J connectivity index is 1.23. The zero-order valence-corrected chi connectivity index (χ0v) is 21.3. The molecule has 0 spiro atoms. The van der Waals surface area contributed by atoms with Crippen LogP contribution in [0, 0.1) is 6.92 Å². The highest BCUT2D eigenvalue weighted by Gasteiger charge is 2.14. The Morgan fingerprint density at radius 1 is 0.923 bits per heavy atom. The summed E-state index contributed by atoms with van der Waals surface area (Å²) in [6.45, 7) is 4.45. The summed E-state index contributed by atoms with van der Waals surface area (Å²) in [5.74, 6) is 0.515. The molecule has 0 bridgehead atoms. The lowest BCUT2D eigenvalue weighted by Gasteiger charge is -2.09. The fourth-order valence-corrected chi connectivity index (χ4v) is 4.42. The lowest BCUT2D eigenvalue weighted by Crippen LogP contribution is -2.13. The van der Waals surface area contributed by atoms with Crippen LogP contribution in [0.2, 0.25) is 0 Å². The summed E-state index contributed by atoms with van der Waals surface area (Å²) >= 11 is 0. The Bertz CT molecular complexity index is 1890. The molecule has 1 N–H and O–H groups in total. The molecule has 6 rings (SSSR count). The van der Waals surface area contributed by atoms with Crippen LogP contribution in [-0.2, 0) is 0 Å². The first-order valence-electron chi connectivity index (χ1n) is 12.5. The van der Waals surface area contributed by atoms with Crippen LogP contribution in [0.4, 0.5) is 5.69 Å². The van der Waals surface area contributed by atoms with Gasteiger partial charge < -0.3 is 14.5 Å². The molecule has 0 saturated heterocycles. The number of amides is 1. The van der Waals surface area contributed by atoms with E-state index >= 15 is 0 Å². The molecule has 2 aromatic heterocycles. The van der Waals surface area contributed by atoms with Crippen molar-refractivity contribution in [3.8, 4) is 22.6 Å². The number of fused-ring (bicyclic) bond motifs is 2. The summed E-state index contributed by atoms with van der Waals surface area (Å²) < 4.78 is 10.9. The Hall–Kier alpha value is -5.24. The fourth-order valence-electron chi connectivity index (χ4n) is 4.42. The number of nitrogens with zero attached hydrogens (tertiary/aromatic N) is 3. The number of nitrogens with one attached hydrogen (secondary N) is 1. The minimum Gasteiger partial charge on any atom is -0.494 e. The van der Waals surface area contributed by atoms with Crippen molar-refractivity contribution in [1.29, 1.82) is 0 Å². The molecule has 0 radical (unpaired) electrons. The lowest BCUT2D eigenvalue weighted by atomic mass is 10.0. The highest BCUT2D eigenvalue weighted by atomic mass is 16.5. The van der Waals surface area contributed by atoms with Gasteiger partial charge in [-0.05, 0) is 85.6 Å². The molecule has 1 amide bonds. The number of rotatable bonds is 6. The molecule has 0 saturated carbocycles. The van der Waals surface area contributed by atoms with Gasteiger partial charge in [-0.3, -0.25) is 4.79 Å². The molecule has 4 aromatic carbocycles. The molecule has 0 aliphatic heterocycles. The maximum atomic E-state index is 13.1. The number of hydrogen-bond donors (Lipinski definition) is 1. The van der Waals surface area contributed by atoms with Crippen molar-refractivity contribution in [1.82, 2.24) is 15.0 Å². The molecule has 6 aromatic rings. The van der Waals surface area contributed by atoms with Gasteiger partial charge in [-0.25, -0.2) is 4.79 Å². The summed E-state index contributed by atoms with van der Waals surface area (Å²) in [6.07, 6.45) is 0. The van der Waals surface area contributed by atoms with Crippen LogP contribution < -0.4 is 15.7 Å². The van der Waals surface area contributed by atoms with E-state index < -0.39 is 5.63 Å². The smallest absolute Gasteiger partial charge is 0.344 e. The molecule has 0 aliphatic carbocycles. The highest BCUT2D eigenvalue weighted by Crippen LogP contribution is 2.25. The van der Waals surface area contributed by atoms with Gasteiger partial charge in [0.2, 0.25) is 0 Å². The van der Waals surface area contributed by atoms with Crippen LogP contribution in [0.25, 0.3) is 38.8 Å². The first kappa shape index (κ1) is 24.1. The van der Waals surface area contributed by atoms with Crippen molar-refractivity contribution in [3.63, 3.8) is 0 Å². The summed E-state index contributed by atoms with van der Waals surface area (Å²) in [5.41, 5.74) is 5.38. The van der Waals surface area contributed by atoms with Crippen molar-refractivity contribution >= 4 is 33.6 Å². The first-order chi connectivity index (χ1) is 19.0. The summed E-state index contributed by atoms with van der Waals surface area (Å²) in [5, 5.41) is 13.0. The zero-order chi connectivity index (χ0) is 26.9. The third kappa shape index (κ3) is 4.75. The van der Waals surface area contributed by atoms with Gasteiger partial charge >= 0.3 is 5.63 Å². The van der Waals surface area contributed by atoms with Gasteiger partial charge in [-0.15, -0.1) is 10.2 Å². The molecule has 0 aliphatic rings. The van der Waals surface area contributed by atoms with Crippen molar-refractivity contribution in [3.05, 3.63) is 113 Å². The molecular weight excluding hydrogens is 492 g/mol. The second-order valence-corrected chi connectivity index (χ2v) is 9.09. The second kappa shape index (κ2) is 9.90. The van der Waals surface area contributed by atoms with E-state index in [4.69, 9.17) is 9.15 Å². The van der Waals surface area contributed by atoms with Gasteiger partial charge in [0.05, 0.1) is 17.9 Å². The van der Waals surface area contributed by atoms with Gasteiger partial charge in [0.25, 0.3) is 5.91 Å². The molecule has 0 fully saturated rings. The van der Waals surface area contributed by atoms with Crippen molar-refractivity contribution in [2.75, 3.05) is 11.9 Å².